The third-order valence-corrected chi connectivity index (χ3v) is 2.26. The van der Waals surface area contributed by atoms with E-state index in [1.807, 2.05) is 6.92 Å². The molecule has 1 fully saturated rings. The van der Waals surface area contributed by atoms with E-state index in [-0.39, 0.29) is 6.10 Å². The van der Waals surface area contributed by atoms with Crippen LogP contribution in [0.4, 0.5) is 0 Å². The van der Waals surface area contributed by atoms with Crippen molar-refractivity contribution in [1.29, 1.82) is 0 Å². The highest BCUT2D eigenvalue weighted by Gasteiger charge is 2.16. The molecule has 0 aliphatic heterocycles. The number of aliphatic hydroxyl groups excluding tert-OH is 1. The van der Waals surface area contributed by atoms with Crippen LogP contribution in [0.25, 0.3) is 0 Å². The summed E-state index contributed by atoms with van der Waals surface area (Å²) in [5.41, 5.74) is 1.16. The van der Waals surface area contributed by atoms with E-state index in [0.717, 1.165) is 31.3 Å². The lowest BCUT2D eigenvalue weighted by Crippen LogP contribution is -2.16. The smallest absolute Gasteiger partial charge is 0.0540 e. The van der Waals surface area contributed by atoms with E-state index < -0.39 is 0 Å². The monoisotopic (exact) mass is 153 g/mol. The van der Waals surface area contributed by atoms with E-state index in [2.05, 4.69) is 13.0 Å². The van der Waals surface area contributed by atoms with E-state index in [1.54, 1.807) is 0 Å². The van der Waals surface area contributed by atoms with Crippen LogP contribution < -0.4 is 0 Å². The maximum atomic E-state index is 9.22. The van der Waals surface area contributed by atoms with Crippen LogP contribution in [0.15, 0.2) is 11.6 Å². The molecule has 63 valence electrons. The molecule has 0 unspecified atom stereocenters. The van der Waals surface area contributed by atoms with E-state index >= 15 is 0 Å². The maximum Gasteiger partial charge on any atom is 0.0540 e. The quantitative estimate of drug-likeness (QED) is 0.613. The van der Waals surface area contributed by atoms with Crippen molar-refractivity contribution in [2.24, 2.45) is 5.92 Å². The third-order valence-electron chi connectivity index (χ3n) is 2.26. The van der Waals surface area contributed by atoms with E-state index in [4.69, 9.17) is 0 Å². The fourth-order valence-electron chi connectivity index (χ4n) is 1.67. The molecule has 1 nitrogen and oxygen atoms in total. The lowest BCUT2D eigenvalue weighted by molar-refractivity contribution is 0.118. The summed E-state index contributed by atoms with van der Waals surface area (Å²) >= 11 is 0. The van der Waals surface area contributed by atoms with Gasteiger partial charge in [0.25, 0.3) is 0 Å². The van der Waals surface area contributed by atoms with Crippen molar-refractivity contribution < 1.29 is 5.11 Å². The molecule has 0 bridgehead atoms. The Morgan fingerprint density at radius 3 is 2.36 bits per heavy atom. The lowest BCUT2D eigenvalue weighted by atomic mass is 9.86. The Balaban J connectivity index is 2.34. The number of rotatable bonds is 1. The van der Waals surface area contributed by atoms with E-state index in [1.165, 1.54) is 0 Å². The maximum absolute atomic E-state index is 9.22. The van der Waals surface area contributed by atoms with Gasteiger partial charge in [0, 0.05) is 0 Å². The van der Waals surface area contributed by atoms with Crippen molar-refractivity contribution in [2.75, 3.05) is 0 Å². The van der Waals surface area contributed by atoms with Gasteiger partial charge in [0.05, 0.1) is 6.10 Å². The number of hydrogen-bond donors (Lipinski definition) is 1. The molecule has 0 heterocycles. The van der Waals surface area contributed by atoms with Crippen LogP contribution in [0.1, 0.15) is 32.6 Å². The van der Waals surface area contributed by atoms with Crippen LogP contribution in [0.5, 0.6) is 0 Å². The zero-order valence-electron chi connectivity index (χ0n) is 7.21. The minimum atomic E-state index is -0.0372. The number of hydrogen-bond acceptors (Lipinski definition) is 1. The van der Waals surface area contributed by atoms with Gasteiger partial charge in [-0.05, 0) is 45.4 Å². The summed E-state index contributed by atoms with van der Waals surface area (Å²) in [4.78, 5) is 0. The van der Waals surface area contributed by atoms with Crippen molar-refractivity contribution in [2.45, 2.75) is 38.7 Å². The Hall–Kier alpha value is -0.300. The van der Waals surface area contributed by atoms with E-state index in [9.17, 15) is 5.11 Å². The highest BCUT2D eigenvalue weighted by Crippen LogP contribution is 2.25. The first-order valence-corrected chi connectivity index (χ1v) is 4.37. The van der Waals surface area contributed by atoms with Crippen molar-refractivity contribution in [1.82, 2.24) is 0 Å². The van der Waals surface area contributed by atoms with Gasteiger partial charge in [0.1, 0.15) is 0 Å². The molecule has 1 saturated carbocycles. The predicted octanol–water partition coefficient (Wildman–Crippen LogP) is 2.32. The zero-order valence-corrected chi connectivity index (χ0v) is 7.21. The van der Waals surface area contributed by atoms with Crippen LogP contribution in [0, 0.1) is 12.8 Å². The molecule has 1 radical (unpaired) electrons. The van der Waals surface area contributed by atoms with Crippen LogP contribution in [-0.2, 0) is 0 Å². The molecule has 0 amide bonds. The molecule has 0 aromatic heterocycles. The largest absolute Gasteiger partial charge is 0.393 e. The normalized spacial score (nSPS) is 33.9. The standard InChI is InChI=1S/C10H17O/c1-8(2)7-9-3-5-10(11)6-4-9/h7,9-11H,1,3-6H2,2H3/b8-7+/t9-,10-. The molecule has 1 N–H and O–H groups in total. The summed E-state index contributed by atoms with van der Waals surface area (Å²) in [7, 11) is 0. The summed E-state index contributed by atoms with van der Waals surface area (Å²) in [6.45, 7) is 5.88. The summed E-state index contributed by atoms with van der Waals surface area (Å²) < 4.78 is 0. The first-order chi connectivity index (χ1) is 5.18. The average molecular weight is 153 g/mol. The third kappa shape index (κ3) is 3.06. The Bertz CT molecular complexity index is 137. The first-order valence-electron chi connectivity index (χ1n) is 4.37. The summed E-state index contributed by atoms with van der Waals surface area (Å²) in [5.74, 6) is 0.677. The van der Waals surface area contributed by atoms with Crippen molar-refractivity contribution in [3.63, 3.8) is 0 Å². The molecule has 1 rings (SSSR count). The van der Waals surface area contributed by atoms with Gasteiger partial charge < -0.3 is 5.11 Å². The minimum Gasteiger partial charge on any atom is -0.393 e. The second-order valence-electron chi connectivity index (χ2n) is 3.58. The van der Waals surface area contributed by atoms with Crippen LogP contribution >= 0.6 is 0 Å². The van der Waals surface area contributed by atoms with Gasteiger partial charge in [-0.2, -0.15) is 0 Å². The molecule has 11 heavy (non-hydrogen) atoms. The average Bonchev–Trinajstić information content (AvgIpc) is 1.93. The fraction of sp³-hybridized carbons (Fsp3) is 0.700. The molecule has 1 aliphatic rings. The van der Waals surface area contributed by atoms with E-state index in [0.29, 0.717) is 5.92 Å². The van der Waals surface area contributed by atoms with Crippen molar-refractivity contribution in [3.8, 4) is 0 Å². The minimum absolute atomic E-state index is 0.0372. The summed E-state index contributed by atoms with van der Waals surface area (Å²) in [6.07, 6.45) is 6.39. The zero-order chi connectivity index (χ0) is 8.27. The van der Waals surface area contributed by atoms with Gasteiger partial charge in [-0.3, -0.25) is 0 Å². The van der Waals surface area contributed by atoms with Gasteiger partial charge in [0.15, 0.2) is 0 Å². The van der Waals surface area contributed by atoms with Crippen LogP contribution in [0.3, 0.4) is 0 Å². The second kappa shape index (κ2) is 3.91. The first kappa shape index (κ1) is 8.79. The number of aliphatic hydroxyl groups is 1. The highest BCUT2D eigenvalue weighted by atomic mass is 16.3. The van der Waals surface area contributed by atoms with Gasteiger partial charge in [0.2, 0.25) is 0 Å². The predicted molar refractivity (Wildman–Crippen MR) is 47.1 cm³/mol. The van der Waals surface area contributed by atoms with Gasteiger partial charge in [-0.15, -0.1) is 0 Å². The Morgan fingerprint density at radius 1 is 1.36 bits per heavy atom. The number of allylic oxidation sites excluding steroid dienone is 2. The molecule has 1 heteroatoms. The lowest BCUT2D eigenvalue weighted by Gasteiger charge is -2.23. The fourth-order valence-corrected chi connectivity index (χ4v) is 1.67. The molecule has 0 aromatic rings. The highest BCUT2D eigenvalue weighted by molar-refractivity contribution is 5.04. The topological polar surface area (TPSA) is 20.2 Å². The second-order valence-corrected chi connectivity index (χ2v) is 3.58. The van der Waals surface area contributed by atoms with Gasteiger partial charge in [-0.25, -0.2) is 0 Å². The molecular formula is C10H17O. The van der Waals surface area contributed by atoms with Crippen molar-refractivity contribution in [3.05, 3.63) is 18.6 Å². The van der Waals surface area contributed by atoms with Crippen LogP contribution in [-0.4, -0.2) is 11.2 Å². The van der Waals surface area contributed by atoms with Gasteiger partial charge in [-0.1, -0.05) is 11.6 Å². The molecular weight excluding hydrogens is 136 g/mol. The van der Waals surface area contributed by atoms with Crippen LogP contribution in [0.2, 0.25) is 0 Å². The van der Waals surface area contributed by atoms with Gasteiger partial charge >= 0.3 is 0 Å². The molecule has 1 aliphatic carbocycles. The SMILES string of the molecule is [CH2]/C(C)=C\[C@H]1CC[C@H](O)CC1. The Morgan fingerprint density at radius 2 is 1.91 bits per heavy atom. The molecule has 0 saturated heterocycles. The van der Waals surface area contributed by atoms with Crippen molar-refractivity contribution >= 4 is 0 Å². The molecule has 0 aromatic carbocycles. The Labute approximate surface area is 69.1 Å². The summed E-state index contributed by atoms with van der Waals surface area (Å²) in [5, 5.41) is 9.22. The molecule has 0 spiro atoms. The summed E-state index contributed by atoms with van der Waals surface area (Å²) in [6, 6.07) is 0. The molecule has 0 atom stereocenters. The Kier molecular flexibility index (Phi) is 3.13.